The lowest BCUT2D eigenvalue weighted by molar-refractivity contribution is 0.102. The maximum absolute atomic E-state index is 12.5. The van der Waals surface area contributed by atoms with Crippen LogP contribution in [0.1, 0.15) is 41.4 Å². The molecule has 6 nitrogen and oxygen atoms in total. The molecule has 0 fully saturated rings. The Morgan fingerprint density at radius 2 is 2.32 bits per heavy atom. The van der Waals surface area contributed by atoms with E-state index in [-0.39, 0.29) is 5.91 Å². The molecular weight excluding hydrogens is 314 g/mol. The number of hydrogen-bond acceptors (Lipinski definition) is 3. The molecule has 4 rings (SSSR count). The Morgan fingerprint density at radius 1 is 1.40 bits per heavy atom. The third-order valence-electron chi connectivity index (χ3n) is 4.89. The van der Waals surface area contributed by atoms with E-state index >= 15 is 0 Å². The second-order valence-corrected chi connectivity index (χ2v) is 6.68. The fraction of sp³-hybridized carbons (Fsp3) is 0.368. The zero-order valence-electron chi connectivity index (χ0n) is 14.4. The predicted octanol–water partition coefficient (Wildman–Crippen LogP) is 3.00. The largest absolute Gasteiger partial charge is 0.358 e. The van der Waals surface area contributed by atoms with Crippen LogP contribution >= 0.6 is 0 Å². The minimum Gasteiger partial charge on any atom is -0.358 e. The lowest BCUT2D eigenvalue weighted by Crippen LogP contribution is -2.34. The van der Waals surface area contributed by atoms with Gasteiger partial charge in [0.05, 0.1) is 11.9 Å². The topological polar surface area (TPSA) is 85.6 Å². The summed E-state index contributed by atoms with van der Waals surface area (Å²) in [6.07, 6.45) is 7.64. The van der Waals surface area contributed by atoms with Crippen molar-refractivity contribution in [2.75, 3.05) is 11.9 Å². The maximum Gasteiger partial charge on any atom is 0.255 e. The van der Waals surface area contributed by atoms with Gasteiger partial charge in [0, 0.05) is 34.4 Å². The number of anilines is 1. The lowest BCUT2D eigenvalue weighted by atomic mass is 9.91. The molecule has 25 heavy (non-hydrogen) atoms. The van der Waals surface area contributed by atoms with Crippen molar-refractivity contribution in [1.82, 2.24) is 20.5 Å². The number of benzene rings is 1. The molecular formula is C19H23N5O. The van der Waals surface area contributed by atoms with Crippen LogP contribution in [0.2, 0.25) is 0 Å². The van der Waals surface area contributed by atoms with Crippen molar-refractivity contribution in [3.8, 4) is 0 Å². The number of aromatic amines is 2. The molecule has 1 aromatic carbocycles. The van der Waals surface area contributed by atoms with Crippen molar-refractivity contribution in [3.05, 3.63) is 47.4 Å². The molecule has 3 aromatic rings. The van der Waals surface area contributed by atoms with E-state index < -0.39 is 0 Å². The molecule has 6 heteroatoms. The third kappa shape index (κ3) is 3.17. The first-order chi connectivity index (χ1) is 12.2. The summed E-state index contributed by atoms with van der Waals surface area (Å²) in [6.45, 7) is 3.25. The van der Waals surface area contributed by atoms with Gasteiger partial charge in [-0.05, 0) is 56.0 Å². The van der Waals surface area contributed by atoms with Crippen molar-refractivity contribution in [2.45, 2.75) is 38.6 Å². The zero-order valence-corrected chi connectivity index (χ0v) is 14.4. The summed E-state index contributed by atoms with van der Waals surface area (Å²) in [6, 6.07) is 6.40. The molecule has 1 aliphatic rings. The fourth-order valence-corrected chi connectivity index (χ4v) is 3.60. The summed E-state index contributed by atoms with van der Waals surface area (Å²) in [5, 5.41) is 14.2. The number of hydrogen-bond donors (Lipinski definition) is 4. The van der Waals surface area contributed by atoms with Crippen molar-refractivity contribution in [3.63, 3.8) is 0 Å². The van der Waals surface area contributed by atoms with Gasteiger partial charge in [0.1, 0.15) is 0 Å². The highest BCUT2D eigenvalue weighted by Gasteiger charge is 2.22. The average Bonchev–Trinajstić information content (AvgIpc) is 3.26. The van der Waals surface area contributed by atoms with E-state index in [0.717, 1.165) is 43.1 Å². The van der Waals surface area contributed by atoms with Crippen LogP contribution in [0.4, 0.5) is 5.69 Å². The number of nitrogens with zero attached hydrogens (tertiary/aromatic N) is 1. The van der Waals surface area contributed by atoms with Crippen LogP contribution in [-0.4, -0.2) is 33.7 Å². The molecule has 1 amide bonds. The number of nitrogens with one attached hydrogen (secondary N) is 4. The highest BCUT2D eigenvalue weighted by atomic mass is 16.1. The number of amides is 1. The Hall–Kier alpha value is -2.60. The Labute approximate surface area is 146 Å². The van der Waals surface area contributed by atoms with Crippen LogP contribution in [0, 0.1) is 0 Å². The van der Waals surface area contributed by atoms with Gasteiger partial charge in [-0.1, -0.05) is 6.92 Å². The minimum atomic E-state index is -0.116. The quantitative estimate of drug-likeness (QED) is 0.577. The van der Waals surface area contributed by atoms with E-state index in [9.17, 15) is 4.79 Å². The van der Waals surface area contributed by atoms with Gasteiger partial charge in [-0.3, -0.25) is 9.89 Å². The fourth-order valence-electron chi connectivity index (χ4n) is 3.60. The molecule has 0 aliphatic heterocycles. The Kier molecular flexibility index (Phi) is 4.28. The van der Waals surface area contributed by atoms with E-state index in [1.807, 2.05) is 18.2 Å². The third-order valence-corrected chi connectivity index (χ3v) is 4.89. The first-order valence-corrected chi connectivity index (χ1v) is 8.91. The van der Waals surface area contributed by atoms with Crippen LogP contribution in [0.3, 0.4) is 0 Å². The predicted molar refractivity (Wildman–Crippen MR) is 98.9 cm³/mol. The summed E-state index contributed by atoms with van der Waals surface area (Å²) in [7, 11) is 0. The lowest BCUT2D eigenvalue weighted by Gasteiger charge is -2.23. The van der Waals surface area contributed by atoms with Crippen LogP contribution in [0.15, 0.2) is 30.6 Å². The summed E-state index contributed by atoms with van der Waals surface area (Å²) in [5.41, 5.74) is 5.12. The van der Waals surface area contributed by atoms with Crippen molar-refractivity contribution in [2.24, 2.45) is 0 Å². The molecule has 0 saturated carbocycles. The smallest absolute Gasteiger partial charge is 0.255 e. The highest BCUT2D eigenvalue weighted by Crippen LogP contribution is 2.30. The zero-order chi connectivity index (χ0) is 17.2. The van der Waals surface area contributed by atoms with Crippen LogP contribution in [0.5, 0.6) is 0 Å². The molecule has 1 aliphatic carbocycles. The summed E-state index contributed by atoms with van der Waals surface area (Å²) >= 11 is 0. The molecule has 0 saturated heterocycles. The highest BCUT2D eigenvalue weighted by molar-refractivity contribution is 6.06. The average molecular weight is 337 g/mol. The van der Waals surface area contributed by atoms with Crippen molar-refractivity contribution in [1.29, 1.82) is 0 Å². The number of H-pyrrole nitrogens is 2. The monoisotopic (exact) mass is 337 g/mol. The molecule has 2 aromatic heterocycles. The summed E-state index contributed by atoms with van der Waals surface area (Å²) in [5.74, 6) is -0.116. The molecule has 0 radical (unpaired) electrons. The number of carbonyl (C=O) groups is 1. The SMILES string of the molecule is CCCNC1CCc2[nH]c3ccc(C(=O)Nc4cn[nH]c4)cc3c2C1. The summed E-state index contributed by atoms with van der Waals surface area (Å²) in [4.78, 5) is 16.0. The van der Waals surface area contributed by atoms with Crippen LogP contribution in [0.25, 0.3) is 10.9 Å². The van der Waals surface area contributed by atoms with E-state index in [0.29, 0.717) is 17.3 Å². The van der Waals surface area contributed by atoms with E-state index in [1.54, 1.807) is 12.4 Å². The number of aromatic nitrogens is 3. The number of aryl methyl sites for hydroxylation is 1. The van der Waals surface area contributed by atoms with E-state index in [2.05, 4.69) is 32.7 Å². The summed E-state index contributed by atoms with van der Waals surface area (Å²) < 4.78 is 0. The molecule has 1 atom stereocenters. The molecule has 0 bridgehead atoms. The first-order valence-electron chi connectivity index (χ1n) is 8.91. The van der Waals surface area contributed by atoms with Gasteiger partial charge in [0.15, 0.2) is 0 Å². The van der Waals surface area contributed by atoms with Crippen LogP contribution in [-0.2, 0) is 12.8 Å². The molecule has 130 valence electrons. The van der Waals surface area contributed by atoms with Gasteiger partial charge in [-0.15, -0.1) is 0 Å². The van der Waals surface area contributed by atoms with Gasteiger partial charge < -0.3 is 15.6 Å². The molecule has 4 N–H and O–H groups in total. The minimum absolute atomic E-state index is 0.116. The van der Waals surface area contributed by atoms with E-state index in [4.69, 9.17) is 0 Å². The Morgan fingerprint density at radius 3 is 3.12 bits per heavy atom. The first kappa shape index (κ1) is 15.9. The van der Waals surface area contributed by atoms with Gasteiger partial charge in [-0.2, -0.15) is 5.10 Å². The molecule has 0 spiro atoms. The normalized spacial score (nSPS) is 16.8. The van der Waals surface area contributed by atoms with Crippen LogP contribution < -0.4 is 10.6 Å². The van der Waals surface area contributed by atoms with E-state index in [1.165, 1.54) is 11.3 Å². The number of fused-ring (bicyclic) bond motifs is 3. The van der Waals surface area contributed by atoms with Crippen molar-refractivity contribution < 1.29 is 4.79 Å². The Bertz CT molecular complexity index is 881. The van der Waals surface area contributed by atoms with Gasteiger partial charge in [0.25, 0.3) is 5.91 Å². The Balaban J connectivity index is 1.61. The number of carbonyl (C=O) groups excluding carboxylic acids is 1. The number of rotatable bonds is 5. The molecule has 2 heterocycles. The second-order valence-electron chi connectivity index (χ2n) is 6.68. The van der Waals surface area contributed by atoms with Gasteiger partial charge in [0.2, 0.25) is 0 Å². The maximum atomic E-state index is 12.5. The van der Waals surface area contributed by atoms with Gasteiger partial charge >= 0.3 is 0 Å². The second kappa shape index (κ2) is 6.72. The standard InChI is InChI=1S/C19H23N5O/c1-2-7-20-13-4-6-18-16(9-13)15-8-12(3-5-17(15)24-18)19(25)23-14-10-21-22-11-14/h3,5,8,10-11,13,20,24H,2,4,6-7,9H2,1H3,(H,21,22)(H,23,25). The van der Waals surface area contributed by atoms with Gasteiger partial charge in [-0.25, -0.2) is 0 Å². The van der Waals surface area contributed by atoms with Crippen molar-refractivity contribution >= 4 is 22.5 Å². The molecule has 1 unspecified atom stereocenters.